The molecule has 1 aromatic carbocycles. The minimum absolute atomic E-state index is 0. The molecule has 0 aliphatic heterocycles. The van der Waals surface area contributed by atoms with Crippen molar-refractivity contribution in [1.29, 1.82) is 0 Å². The quantitative estimate of drug-likeness (QED) is 0.202. The Balaban J connectivity index is 0.00000256. The summed E-state index contributed by atoms with van der Waals surface area (Å²) < 4.78 is 0. The molecule has 0 fully saturated rings. The van der Waals surface area contributed by atoms with E-state index in [1.165, 1.54) is 11.8 Å². The van der Waals surface area contributed by atoms with E-state index in [-0.39, 0.29) is 35.3 Å². The molecule has 1 N–H and O–H groups in total. The van der Waals surface area contributed by atoms with Gasteiger partial charge in [-0.25, -0.2) is 0 Å². The van der Waals surface area contributed by atoms with Gasteiger partial charge in [0.25, 0.3) is 0 Å². The first kappa shape index (κ1) is 16.5. The van der Waals surface area contributed by atoms with Crippen molar-refractivity contribution in [3.8, 4) is 0 Å². The Kier molecular flexibility index (Phi) is 9.26. The zero-order chi connectivity index (χ0) is 11.8. The summed E-state index contributed by atoms with van der Waals surface area (Å²) in [5.41, 5.74) is 2.65. The number of hydrogen-bond acceptors (Lipinski definition) is 5. The van der Waals surface area contributed by atoms with Crippen LogP contribution in [0.1, 0.15) is 6.92 Å². The van der Waals surface area contributed by atoms with E-state index in [1.54, 1.807) is 11.8 Å². The second kappa shape index (κ2) is 9.53. The predicted molar refractivity (Wildman–Crippen MR) is 63.3 cm³/mol. The summed E-state index contributed by atoms with van der Waals surface area (Å²) in [6, 6.07) is 9.98. The first-order chi connectivity index (χ1) is 7.70. The number of carbonyl (C=O) groups is 1. The second-order valence-electron chi connectivity index (χ2n) is 3.05. The van der Waals surface area contributed by atoms with Crippen LogP contribution in [-0.2, 0) is 4.79 Å². The van der Waals surface area contributed by atoms with Gasteiger partial charge in [-0.3, -0.25) is 0 Å². The molecular weight excluding hydrogens is 247 g/mol. The Hall–Kier alpha value is -0.490. The van der Waals surface area contributed by atoms with Crippen molar-refractivity contribution in [2.24, 2.45) is 5.10 Å². The van der Waals surface area contributed by atoms with Crippen molar-refractivity contribution in [3.63, 3.8) is 0 Å². The summed E-state index contributed by atoms with van der Waals surface area (Å²) in [5.74, 6) is -0.420. The largest absolute Gasteiger partial charge is 1.00 e. The molecule has 6 heteroatoms. The summed E-state index contributed by atoms with van der Waals surface area (Å²) >= 11 is 1.69. The number of carbonyl (C=O) groups excluding carboxylic acids is 1. The average Bonchev–Trinajstić information content (AvgIpc) is 2.29. The molecule has 0 heterocycles. The maximum absolute atomic E-state index is 10.3. The molecule has 0 radical (unpaired) electrons. The van der Waals surface area contributed by atoms with Crippen LogP contribution < -0.4 is 40.1 Å². The van der Waals surface area contributed by atoms with Crippen LogP contribution in [-0.4, -0.2) is 24.0 Å². The van der Waals surface area contributed by atoms with Gasteiger partial charge in [-0.15, -0.1) is 11.8 Å². The van der Waals surface area contributed by atoms with Crippen LogP contribution >= 0.6 is 11.8 Å². The Bertz CT molecular complexity index is 371. The van der Waals surface area contributed by atoms with Crippen LogP contribution in [0.25, 0.3) is 0 Å². The number of carboxylic acids is 1. The molecule has 86 valence electrons. The third kappa shape index (κ3) is 7.44. The van der Waals surface area contributed by atoms with E-state index in [4.69, 9.17) is 0 Å². The number of nitrogens with one attached hydrogen (secondary N) is 1. The number of nitrogens with zero attached hydrogens (tertiary/aromatic N) is 1. The monoisotopic (exact) mass is 260 g/mol. The molecule has 0 aliphatic rings. The smallest absolute Gasteiger partial charge is 0.543 e. The summed E-state index contributed by atoms with van der Waals surface area (Å²) in [6.07, 6.45) is 0. The number of benzene rings is 1. The van der Waals surface area contributed by atoms with Gasteiger partial charge in [0, 0.05) is 17.2 Å². The Labute approximate surface area is 127 Å². The van der Waals surface area contributed by atoms with Crippen molar-refractivity contribution in [1.82, 2.24) is 5.43 Å². The Morgan fingerprint density at radius 1 is 1.41 bits per heavy atom. The molecule has 0 unspecified atom stereocenters. The first-order valence-electron chi connectivity index (χ1n) is 4.86. The van der Waals surface area contributed by atoms with Gasteiger partial charge < -0.3 is 15.3 Å². The van der Waals surface area contributed by atoms with Crippen LogP contribution in [0.2, 0.25) is 0 Å². The maximum Gasteiger partial charge on any atom is 1.00 e. The van der Waals surface area contributed by atoms with Crippen molar-refractivity contribution < 1.29 is 39.5 Å². The van der Waals surface area contributed by atoms with E-state index in [9.17, 15) is 9.90 Å². The van der Waals surface area contributed by atoms with E-state index in [2.05, 4.69) is 10.5 Å². The predicted octanol–water partition coefficient (Wildman–Crippen LogP) is -2.50. The number of thioether (sulfide) groups is 1. The number of carboxylic acid groups (broad SMARTS) is 1. The van der Waals surface area contributed by atoms with E-state index >= 15 is 0 Å². The molecule has 0 saturated carbocycles. The van der Waals surface area contributed by atoms with E-state index in [0.29, 0.717) is 6.54 Å². The molecule has 0 spiro atoms. The van der Waals surface area contributed by atoms with Crippen LogP contribution in [0.3, 0.4) is 0 Å². The van der Waals surface area contributed by atoms with Gasteiger partial charge in [-0.1, -0.05) is 18.2 Å². The van der Waals surface area contributed by atoms with Gasteiger partial charge in [0.2, 0.25) is 0 Å². The third-order valence-corrected chi connectivity index (χ3v) is 2.78. The van der Waals surface area contributed by atoms with Crippen LogP contribution in [0.5, 0.6) is 0 Å². The molecule has 0 aromatic heterocycles. The molecule has 0 amide bonds. The SMILES string of the molecule is C/C(=N/NCCSc1ccccc1)C(=O)[O-].[Na+]. The fourth-order valence-electron chi connectivity index (χ4n) is 0.951. The van der Waals surface area contributed by atoms with E-state index < -0.39 is 5.97 Å². The number of aliphatic carboxylic acids is 1. The van der Waals surface area contributed by atoms with Crippen LogP contribution in [0.15, 0.2) is 40.3 Å². The topological polar surface area (TPSA) is 64.5 Å². The minimum atomic E-state index is -1.25. The third-order valence-electron chi connectivity index (χ3n) is 1.77. The Morgan fingerprint density at radius 3 is 2.65 bits per heavy atom. The fourth-order valence-corrected chi connectivity index (χ4v) is 1.73. The molecule has 0 aliphatic carbocycles. The maximum atomic E-state index is 10.3. The van der Waals surface area contributed by atoms with Gasteiger partial charge in [-0.05, 0) is 19.1 Å². The van der Waals surface area contributed by atoms with Gasteiger partial charge in [0.15, 0.2) is 0 Å². The first-order valence-corrected chi connectivity index (χ1v) is 5.85. The van der Waals surface area contributed by atoms with Crippen LogP contribution in [0.4, 0.5) is 0 Å². The average molecular weight is 260 g/mol. The molecular formula is C11H13N2NaO2S. The summed E-state index contributed by atoms with van der Waals surface area (Å²) in [6.45, 7) is 2.01. The van der Waals surface area contributed by atoms with Gasteiger partial charge >= 0.3 is 29.6 Å². The summed E-state index contributed by atoms with van der Waals surface area (Å²) in [7, 11) is 0. The number of hydrazone groups is 1. The van der Waals surface area contributed by atoms with E-state index in [0.717, 1.165) is 5.75 Å². The minimum Gasteiger partial charge on any atom is -0.543 e. The van der Waals surface area contributed by atoms with Gasteiger partial charge in [0.05, 0.1) is 11.7 Å². The summed E-state index contributed by atoms with van der Waals surface area (Å²) in [5, 5.41) is 13.9. The number of hydrogen-bond donors (Lipinski definition) is 1. The van der Waals surface area contributed by atoms with Crippen molar-refractivity contribution in [2.45, 2.75) is 11.8 Å². The molecule has 4 nitrogen and oxygen atoms in total. The van der Waals surface area contributed by atoms with Crippen molar-refractivity contribution in [2.75, 3.05) is 12.3 Å². The van der Waals surface area contributed by atoms with Crippen molar-refractivity contribution in [3.05, 3.63) is 30.3 Å². The second-order valence-corrected chi connectivity index (χ2v) is 4.22. The normalized spacial score (nSPS) is 10.5. The zero-order valence-electron chi connectivity index (χ0n) is 9.97. The molecule has 0 atom stereocenters. The molecule has 17 heavy (non-hydrogen) atoms. The fraction of sp³-hybridized carbons (Fsp3) is 0.273. The van der Waals surface area contributed by atoms with Crippen LogP contribution in [0, 0.1) is 0 Å². The van der Waals surface area contributed by atoms with Gasteiger partial charge in [0.1, 0.15) is 0 Å². The zero-order valence-corrected chi connectivity index (χ0v) is 12.8. The molecule has 0 bridgehead atoms. The van der Waals surface area contributed by atoms with E-state index in [1.807, 2.05) is 30.3 Å². The van der Waals surface area contributed by atoms with Crippen molar-refractivity contribution >= 4 is 23.4 Å². The number of rotatable bonds is 6. The summed E-state index contributed by atoms with van der Waals surface area (Å²) in [4.78, 5) is 11.5. The molecule has 1 aromatic rings. The Morgan fingerprint density at radius 2 is 2.06 bits per heavy atom. The molecule has 0 saturated heterocycles. The van der Waals surface area contributed by atoms with Gasteiger partial charge in [-0.2, -0.15) is 5.10 Å². The molecule has 1 rings (SSSR count). The standard InChI is InChI=1S/C11H14N2O2S.Na/c1-9(11(14)15)13-12-7-8-16-10-5-3-2-4-6-10;/h2-6,12H,7-8H2,1H3,(H,14,15);/q;+1/p-1/b13-9-;.